The predicted octanol–water partition coefficient (Wildman–Crippen LogP) is 1.57. The van der Waals surface area contributed by atoms with Crippen molar-refractivity contribution in [2.24, 2.45) is 0 Å². The molecule has 0 atom stereocenters. The first-order valence-electron chi connectivity index (χ1n) is 4.73. The van der Waals surface area contributed by atoms with E-state index in [1.54, 1.807) is 11.9 Å². The zero-order chi connectivity index (χ0) is 12.1. The van der Waals surface area contributed by atoms with Crippen molar-refractivity contribution in [1.82, 2.24) is 4.90 Å². The highest BCUT2D eigenvalue weighted by Crippen LogP contribution is 2.12. The molecular formula is C11H13F2NO2. The number of likely N-dealkylation sites (N-methyl/N-ethyl adjacent to an activating group) is 1. The Balaban J connectivity index is 2.66. The van der Waals surface area contributed by atoms with Gasteiger partial charge in [-0.2, -0.15) is 0 Å². The maximum atomic E-state index is 13.3. The maximum absolute atomic E-state index is 13.3. The van der Waals surface area contributed by atoms with E-state index in [2.05, 4.69) is 4.74 Å². The molecule has 0 aliphatic heterocycles. The summed E-state index contributed by atoms with van der Waals surface area (Å²) in [5, 5.41) is 0. The number of ether oxygens (including phenoxy) is 1. The van der Waals surface area contributed by atoms with Crippen molar-refractivity contribution < 1.29 is 18.3 Å². The van der Waals surface area contributed by atoms with Gasteiger partial charge in [0.2, 0.25) is 0 Å². The van der Waals surface area contributed by atoms with E-state index >= 15 is 0 Å². The molecule has 0 aliphatic carbocycles. The Kier molecular flexibility index (Phi) is 4.37. The van der Waals surface area contributed by atoms with Crippen molar-refractivity contribution in [1.29, 1.82) is 0 Å². The van der Waals surface area contributed by atoms with Crippen molar-refractivity contribution >= 4 is 5.97 Å². The highest BCUT2D eigenvalue weighted by Gasteiger charge is 2.11. The highest BCUT2D eigenvalue weighted by molar-refractivity contribution is 5.71. The Morgan fingerprint density at radius 3 is 2.75 bits per heavy atom. The summed E-state index contributed by atoms with van der Waals surface area (Å²) in [6.45, 7) is 0.186. The average Bonchev–Trinajstić information content (AvgIpc) is 2.24. The normalized spacial score (nSPS) is 10.6. The third kappa shape index (κ3) is 3.27. The van der Waals surface area contributed by atoms with Crippen molar-refractivity contribution in [3.8, 4) is 0 Å². The van der Waals surface area contributed by atoms with Crippen LogP contribution in [0.5, 0.6) is 0 Å². The first-order chi connectivity index (χ1) is 7.54. The van der Waals surface area contributed by atoms with Crippen LogP contribution in [-0.4, -0.2) is 31.6 Å². The summed E-state index contributed by atoms with van der Waals surface area (Å²) < 4.78 is 30.6. The van der Waals surface area contributed by atoms with Crippen LogP contribution in [0.4, 0.5) is 8.78 Å². The Bertz CT molecular complexity index is 382. The summed E-state index contributed by atoms with van der Waals surface area (Å²) >= 11 is 0. The van der Waals surface area contributed by atoms with E-state index < -0.39 is 17.6 Å². The van der Waals surface area contributed by atoms with E-state index in [1.165, 1.54) is 19.2 Å². The van der Waals surface area contributed by atoms with Crippen LogP contribution in [0, 0.1) is 11.6 Å². The van der Waals surface area contributed by atoms with Crippen LogP contribution in [-0.2, 0) is 16.1 Å². The van der Waals surface area contributed by atoms with Crippen LogP contribution in [0.15, 0.2) is 18.2 Å². The molecule has 3 nitrogen and oxygen atoms in total. The van der Waals surface area contributed by atoms with Crippen molar-refractivity contribution in [2.45, 2.75) is 6.54 Å². The minimum atomic E-state index is -0.885. The molecule has 0 heterocycles. The lowest BCUT2D eigenvalue weighted by Crippen LogP contribution is -2.26. The molecule has 0 spiro atoms. The lowest BCUT2D eigenvalue weighted by atomic mass is 10.2. The zero-order valence-corrected chi connectivity index (χ0v) is 9.17. The van der Waals surface area contributed by atoms with Gasteiger partial charge in [-0.3, -0.25) is 9.69 Å². The van der Waals surface area contributed by atoms with Crippen LogP contribution in [0.25, 0.3) is 0 Å². The summed E-state index contributed by atoms with van der Waals surface area (Å²) in [7, 11) is 2.90. The number of esters is 1. The van der Waals surface area contributed by atoms with Gasteiger partial charge >= 0.3 is 5.97 Å². The van der Waals surface area contributed by atoms with Gasteiger partial charge in [0.15, 0.2) is 11.6 Å². The number of benzene rings is 1. The monoisotopic (exact) mass is 229 g/mol. The van der Waals surface area contributed by atoms with E-state index in [1.807, 2.05) is 0 Å². The summed E-state index contributed by atoms with van der Waals surface area (Å²) in [6.07, 6.45) is 0. The zero-order valence-electron chi connectivity index (χ0n) is 9.17. The smallest absolute Gasteiger partial charge is 0.319 e. The van der Waals surface area contributed by atoms with Crippen LogP contribution < -0.4 is 0 Å². The lowest BCUT2D eigenvalue weighted by Gasteiger charge is -2.15. The third-order valence-electron chi connectivity index (χ3n) is 2.10. The van der Waals surface area contributed by atoms with Gasteiger partial charge in [0.1, 0.15) is 0 Å². The summed E-state index contributed by atoms with van der Waals surface area (Å²) in [6, 6.07) is 3.96. The summed E-state index contributed by atoms with van der Waals surface area (Å²) in [4.78, 5) is 12.5. The SMILES string of the molecule is COC(=O)CN(C)Cc1cccc(F)c1F. The Hall–Kier alpha value is -1.49. The molecule has 0 amide bonds. The Morgan fingerprint density at radius 2 is 2.12 bits per heavy atom. The predicted molar refractivity (Wildman–Crippen MR) is 54.7 cm³/mol. The first kappa shape index (κ1) is 12.6. The molecule has 88 valence electrons. The van der Waals surface area contributed by atoms with Crippen LogP contribution in [0.2, 0.25) is 0 Å². The van der Waals surface area contributed by atoms with Crippen molar-refractivity contribution in [3.05, 3.63) is 35.4 Å². The maximum Gasteiger partial charge on any atom is 0.319 e. The van der Waals surface area contributed by atoms with Crippen molar-refractivity contribution in [3.63, 3.8) is 0 Å². The van der Waals surface area contributed by atoms with Crippen LogP contribution >= 0.6 is 0 Å². The molecular weight excluding hydrogens is 216 g/mol. The molecule has 0 aliphatic rings. The molecule has 16 heavy (non-hydrogen) atoms. The molecule has 1 aromatic carbocycles. The number of nitrogens with zero attached hydrogens (tertiary/aromatic N) is 1. The van der Waals surface area contributed by atoms with E-state index in [0.717, 1.165) is 6.07 Å². The molecule has 0 N–H and O–H groups in total. The van der Waals surface area contributed by atoms with Crippen LogP contribution in [0.1, 0.15) is 5.56 Å². The minimum Gasteiger partial charge on any atom is -0.468 e. The molecule has 0 aromatic heterocycles. The Labute approximate surface area is 92.6 Å². The van der Waals surface area contributed by atoms with E-state index in [4.69, 9.17) is 0 Å². The molecule has 1 aromatic rings. The van der Waals surface area contributed by atoms with Gasteiger partial charge in [-0.1, -0.05) is 12.1 Å². The van der Waals surface area contributed by atoms with E-state index in [0.29, 0.717) is 0 Å². The van der Waals surface area contributed by atoms with Gasteiger partial charge in [-0.05, 0) is 13.1 Å². The fourth-order valence-electron chi connectivity index (χ4n) is 1.30. The average molecular weight is 229 g/mol. The molecule has 0 saturated carbocycles. The summed E-state index contributed by atoms with van der Waals surface area (Å²) in [5.74, 6) is -2.18. The number of halogens is 2. The highest BCUT2D eigenvalue weighted by atomic mass is 19.2. The van der Waals surface area contributed by atoms with Gasteiger partial charge in [0, 0.05) is 12.1 Å². The molecule has 0 unspecified atom stereocenters. The molecule has 0 radical (unpaired) electrons. The van der Waals surface area contributed by atoms with Crippen molar-refractivity contribution in [2.75, 3.05) is 20.7 Å². The van der Waals surface area contributed by atoms with Crippen LogP contribution in [0.3, 0.4) is 0 Å². The topological polar surface area (TPSA) is 29.5 Å². The van der Waals surface area contributed by atoms with E-state index in [9.17, 15) is 13.6 Å². The lowest BCUT2D eigenvalue weighted by molar-refractivity contribution is -0.141. The first-order valence-corrected chi connectivity index (χ1v) is 4.73. The minimum absolute atomic E-state index is 0.0342. The number of carbonyl (C=O) groups is 1. The fourth-order valence-corrected chi connectivity index (χ4v) is 1.30. The fraction of sp³-hybridized carbons (Fsp3) is 0.364. The second-order valence-corrected chi connectivity index (χ2v) is 3.46. The third-order valence-corrected chi connectivity index (χ3v) is 2.10. The van der Waals surface area contributed by atoms with Gasteiger partial charge < -0.3 is 4.74 Å². The molecule has 0 saturated heterocycles. The number of methoxy groups -OCH3 is 1. The molecule has 5 heteroatoms. The largest absolute Gasteiger partial charge is 0.468 e. The van der Waals surface area contributed by atoms with E-state index in [-0.39, 0.29) is 18.7 Å². The van der Waals surface area contributed by atoms with Gasteiger partial charge in [-0.15, -0.1) is 0 Å². The molecule has 1 rings (SSSR count). The number of hydrogen-bond donors (Lipinski definition) is 0. The second kappa shape index (κ2) is 5.55. The number of rotatable bonds is 4. The second-order valence-electron chi connectivity index (χ2n) is 3.46. The van der Waals surface area contributed by atoms with Gasteiger partial charge in [0.05, 0.1) is 13.7 Å². The Morgan fingerprint density at radius 1 is 1.44 bits per heavy atom. The van der Waals surface area contributed by atoms with Gasteiger partial charge in [-0.25, -0.2) is 8.78 Å². The number of carbonyl (C=O) groups excluding carboxylic acids is 1. The molecule has 0 fully saturated rings. The standard InChI is InChI=1S/C11H13F2NO2/c1-14(7-10(15)16-2)6-8-4-3-5-9(12)11(8)13/h3-5H,6-7H2,1-2H3. The summed E-state index contributed by atoms with van der Waals surface area (Å²) in [5.41, 5.74) is 0.214. The number of hydrogen-bond acceptors (Lipinski definition) is 3. The molecule has 0 bridgehead atoms. The quantitative estimate of drug-likeness (QED) is 0.734. The van der Waals surface area contributed by atoms with Gasteiger partial charge in [0.25, 0.3) is 0 Å².